The summed E-state index contributed by atoms with van der Waals surface area (Å²) in [5.41, 5.74) is 0.184. The van der Waals surface area contributed by atoms with Crippen molar-refractivity contribution in [1.82, 2.24) is 0 Å². The van der Waals surface area contributed by atoms with E-state index in [4.69, 9.17) is 4.74 Å². The van der Waals surface area contributed by atoms with Gasteiger partial charge in [0.1, 0.15) is 0 Å². The Hall–Kier alpha value is -1.45. The molecule has 0 radical (unpaired) electrons. The fourth-order valence-corrected chi connectivity index (χ4v) is 8.15. The summed E-state index contributed by atoms with van der Waals surface area (Å²) in [5, 5.41) is 0. The van der Waals surface area contributed by atoms with Crippen LogP contribution in [-0.4, -0.2) is 23.1 Å². The van der Waals surface area contributed by atoms with Crippen LogP contribution < -0.4 is 0 Å². The van der Waals surface area contributed by atoms with Gasteiger partial charge in [-0.2, -0.15) is 0 Å². The van der Waals surface area contributed by atoms with Gasteiger partial charge in [-0.05, 0) is 74.7 Å². The minimum Gasteiger partial charge on any atom is -0.450 e. The normalized spacial score (nSPS) is 47.5. The van der Waals surface area contributed by atoms with E-state index in [1.54, 1.807) is 6.92 Å². The summed E-state index contributed by atoms with van der Waals surface area (Å²) in [6.45, 7) is 9.71. The van der Waals surface area contributed by atoms with Gasteiger partial charge < -0.3 is 4.74 Å². The fraction of sp³-hybridized carbons (Fsp3) is 0.792. The number of rotatable bonds is 2. The second kappa shape index (κ2) is 6.27. The van der Waals surface area contributed by atoms with Crippen LogP contribution in [-0.2, 0) is 19.1 Å². The third-order valence-corrected chi connectivity index (χ3v) is 9.33. The van der Waals surface area contributed by atoms with Gasteiger partial charge in [-0.25, -0.2) is 0 Å². The van der Waals surface area contributed by atoms with Gasteiger partial charge in [0.25, 0.3) is 0 Å². The number of allylic oxidation sites excluding steroid dienone is 1. The first kappa shape index (κ1) is 19.8. The topological polar surface area (TPSA) is 60.4 Å². The maximum atomic E-state index is 12.9. The van der Waals surface area contributed by atoms with E-state index >= 15 is 0 Å². The summed E-state index contributed by atoms with van der Waals surface area (Å²) in [6, 6.07) is 0. The molecule has 0 heterocycles. The van der Waals surface area contributed by atoms with Crippen molar-refractivity contribution in [3.8, 4) is 0 Å². The van der Waals surface area contributed by atoms with Crippen molar-refractivity contribution in [3.05, 3.63) is 11.6 Å². The van der Waals surface area contributed by atoms with Gasteiger partial charge in [0.2, 0.25) is 0 Å². The highest BCUT2D eigenvalue weighted by molar-refractivity contribution is 5.92. The van der Waals surface area contributed by atoms with Gasteiger partial charge in [-0.3, -0.25) is 14.4 Å². The molecule has 4 rings (SSSR count). The summed E-state index contributed by atoms with van der Waals surface area (Å²) in [6.07, 6.45) is 8.52. The molecule has 0 aromatic heterocycles. The highest BCUT2D eigenvalue weighted by Gasteiger charge is 2.70. The lowest BCUT2D eigenvalue weighted by atomic mass is 9.46. The van der Waals surface area contributed by atoms with Crippen molar-refractivity contribution >= 4 is 17.5 Å². The maximum Gasteiger partial charge on any atom is 0.303 e. The highest BCUT2D eigenvalue weighted by atomic mass is 16.6. The molecule has 7 unspecified atom stereocenters. The lowest BCUT2D eigenvalue weighted by molar-refractivity contribution is -0.192. The third-order valence-electron chi connectivity index (χ3n) is 9.33. The first-order valence-electron chi connectivity index (χ1n) is 11.0. The smallest absolute Gasteiger partial charge is 0.303 e. The fourth-order valence-electron chi connectivity index (χ4n) is 8.15. The van der Waals surface area contributed by atoms with Crippen LogP contribution in [0.5, 0.6) is 0 Å². The van der Waals surface area contributed by atoms with E-state index in [1.165, 1.54) is 12.5 Å². The van der Waals surface area contributed by atoms with Gasteiger partial charge in [0, 0.05) is 24.7 Å². The van der Waals surface area contributed by atoms with Crippen molar-refractivity contribution in [2.24, 2.45) is 34.5 Å². The number of carbonyl (C=O) groups excluding carboxylic acids is 3. The zero-order valence-corrected chi connectivity index (χ0v) is 18.0. The number of fused-ring (bicyclic) bond motifs is 5. The molecule has 7 atom stereocenters. The van der Waals surface area contributed by atoms with E-state index in [-0.39, 0.29) is 34.3 Å². The Morgan fingerprint density at radius 3 is 2.43 bits per heavy atom. The second-order valence-electron chi connectivity index (χ2n) is 10.4. The standard InChI is InChI=1S/C24H34O4/c1-14-12-21-19-7-6-17-13-18(27)8-10-22(17,4)20(19)9-11-23(21,5)24(14,15(2)25)28-16(3)26/h13-14,19-21H,6-12H2,1-5H3. The monoisotopic (exact) mass is 386 g/mol. The van der Waals surface area contributed by atoms with E-state index in [9.17, 15) is 14.4 Å². The predicted octanol–water partition coefficient (Wildman–Crippen LogP) is 4.66. The van der Waals surface area contributed by atoms with Crippen LogP contribution in [0.1, 0.15) is 79.6 Å². The molecule has 3 saturated carbocycles. The molecule has 4 aliphatic rings. The molecule has 4 nitrogen and oxygen atoms in total. The van der Waals surface area contributed by atoms with Gasteiger partial charge >= 0.3 is 5.97 Å². The van der Waals surface area contributed by atoms with E-state index in [0.717, 1.165) is 38.5 Å². The number of ketones is 2. The van der Waals surface area contributed by atoms with Crippen LogP contribution in [0, 0.1) is 34.5 Å². The molecule has 0 bridgehead atoms. The number of hydrogen-bond acceptors (Lipinski definition) is 4. The third kappa shape index (κ3) is 2.39. The molecule has 0 amide bonds. The number of ether oxygens (including phenoxy) is 1. The SMILES string of the molecule is CC(=O)OC1(C(C)=O)C(C)CC2C3CCC4=CC(=O)CCC4(C)C3CCC21C. The molecule has 0 aromatic carbocycles. The molecule has 0 saturated heterocycles. The summed E-state index contributed by atoms with van der Waals surface area (Å²) < 4.78 is 5.93. The summed E-state index contributed by atoms with van der Waals surface area (Å²) in [4.78, 5) is 36.9. The van der Waals surface area contributed by atoms with Gasteiger partial charge in [0.15, 0.2) is 17.2 Å². The van der Waals surface area contributed by atoms with E-state index in [2.05, 4.69) is 20.8 Å². The van der Waals surface area contributed by atoms with E-state index in [1.807, 2.05) is 6.08 Å². The van der Waals surface area contributed by atoms with Gasteiger partial charge in [-0.1, -0.05) is 26.3 Å². The van der Waals surface area contributed by atoms with Gasteiger partial charge in [0.05, 0.1) is 0 Å². The van der Waals surface area contributed by atoms with Crippen LogP contribution >= 0.6 is 0 Å². The van der Waals surface area contributed by atoms with Crippen LogP contribution in [0.2, 0.25) is 0 Å². The van der Waals surface area contributed by atoms with Crippen molar-refractivity contribution in [2.75, 3.05) is 0 Å². The van der Waals surface area contributed by atoms with E-state index in [0.29, 0.717) is 24.2 Å². The average Bonchev–Trinajstić information content (AvgIpc) is 2.83. The lowest BCUT2D eigenvalue weighted by Crippen LogP contribution is -2.60. The predicted molar refractivity (Wildman–Crippen MR) is 106 cm³/mol. The number of hydrogen-bond donors (Lipinski definition) is 0. The van der Waals surface area contributed by atoms with Crippen LogP contribution in [0.15, 0.2) is 11.6 Å². The summed E-state index contributed by atoms with van der Waals surface area (Å²) >= 11 is 0. The maximum absolute atomic E-state index is 12.9. The van der Waals surface area contributed by atoms with Crippen LogP contribution in [0.3, 0.4) is 0 Å². The zero-order chi connectivity index (χ0) is 20.5. The number of Topliss-reactive ketones (excluding diaryl/α,β-unsaturated/α-hetero) is 1. The Balaban J connectivity index is 1.74. The average molecular weight is 387 g/mol. The first-order chi connectivity index (χ1) is 13.1. The summed E-state index contributed by atoms with van der Waals surface area (Å²) in [7, 11) is 0. The first-order valence-corrected chi connectivity index (χ1v) is 11.0. The minimum atomic E-state index is -0.992. The molecular formula is C24H34O4. The Bertz CT molecular complexity index is 767. The minimum absolute atomic E-state index is 0.00418. The molecule has 3 fully saturated rings. The van der Waals surface area contributed by atoms with Gasteiger partial charge in [-0.15, -0.1) is 0 Å². The molecule has 0 N–H and O–H groups in total. The molecule has 28 heavy (non-hydrogen) atoms. The number of esters is 1. The Labute approximate surface area is 168 Å². The zero-order valence-electron chi connectivity index (χ0n) is 18.0. The molecular weight excluding hydrogens is 352 g/mol. The Morgan fingerprint density at radius 2 is 1.79 bits per heavy atom. The van der Waals surface area contributed by atoms with Crippen LogP contribution in [0.25, 0.3) is 0 Å². The van der Waals surface area contributed by atoms with Crippen molar-refractivity contribution < 1.29 is 19.1 Å². The number of carbonyl (C=O) groups is 3. The molecule has 0 aromatic rings. The molecule has 4 heteroatoms. The molecule has 154 valence electrons. The van der Waals surface area contributed by atoms with Crippen molar-refractivity contribution in [1.29, 1.82) is 0 Å². The Morgan fingerprint density at radius 1 is 1.07 bits per heavy atom. The van der Waals surface area contributed by atoms with Crippen molar-refractivity contribution in [2.45, 2.75) is 85.2 Å². The quantitative estimate of drug-likeness (QED) is 0.648. The van der Waals surface area contributed by atoms with Crippen molar-refractivity contribution in [3.63, 3.8) is 0 Å². The highest BCUT2D eigenvalue weighted by Crippen LogP contribution is 2.69. The Kier molecular flexibility index (Phi) is 4.45. The molecule has 4 aliphatic carbocycles. The lowest BCUT2D eigenvalue weighted by Gasteiger charge is -2.59. The molecule has 0 spiro atoms. The van der Waals surface area contributed by atoms with E-state index < -0.39 is 5.60 Å². The second-order valence-corrected chi connectivity index (χ2v) is 10.4. The van der Waals surface area contributed by atoms with Crippen LogP contribution in [0.4, 0.5) is 0 Å². The largest absolute Gasteiger partial charge is 0.450 e. The molecule has 0 aliphatic heterocycles. The summed E-state index contributed by atoms with van der Waals surface area (Å²) in [5.74, 6) is 1.47.